The fourth-order valence-electron chi connectivity index (χ4n) is 1.18. The van der Waals surface area contributed by atoms with Gasteiger partial charge in [0.25, 0.3) is 0 Å². The van der Waals surface area contributed by atoms with Gasteiger partial charge in [-0.25, -0.2) is 0 Å². The van der Waals surface area contributed by atoms with Gasteiger partial charge in [0.2, 0.25) is 0 Å². The van der Waals surface area contributed by atoms with E-state index in [9.17, 15) is 0 Å². The fraction of sp³-hybridized carbons (Fsp3) is 1.00. The monoisotopic (exact) mass is 241 g/mol. The van der Waals surface area contributed by atoms with Crippen LogP contribution in [0.4, 0.5) is 0 Å². The molecule has 1 fully saturated rings. The zero-order valence-corrected chi connectivity index (χ0v) is 7.54. The predicted molar refractivity (Wildman–Crippen MR) is 45.7 cm³/mol. The highest BCUT2D eigenvalue weighted by molar-refractivity contribution is 14.1. The van der Waals surface area contributed by atoms with Crippen LogP contribution in [0.5, 0.6) is 0 Å². The highest BCUT2D eigenvalue weighted by Crippen LogP contribution is 2.09. The summed E-state index contributed by atoms with van der Waals surface area (Å²) in [6.07, 6.45) is 2.62. The van der Waals surface area contributed by atoms with E-state index in [2.05, 4.69) is 4.90 Å². The van der Waals surface area contributed by atoms with Gasteiger partial charge in [-0.1, -0.05) is 22.6 Å². The summed E-state index contributed by atoms with van der Waals surface area (Å²) in [5.41, 5.74) is 0. The number of hydrogen-bond donors (Lipinski definition) is 1. The Morgan fingerprint density at radius 3 is 2.44 bits per heavy atom. The molecule has 1 rings (SSSR count). The van der Waals surface area contributed by atoms with Crippen molar-refractivity contribution in [1.82, 2.24) is 4.90 Å². The first kappa shape index (κ1) is 7.75. The molecule has 1 saturated heterocycles. The van der Waals surface area contributed by atoms with Crippen molar-refractivity contribution in [1.29, 1.82) is 0 Å². The molecule has 0 spiro atoms. The van der Waals surface area contributed by atoms with E-state index < -0.39 is 0 Å². The average molecular weight is 241 g/mol. The van der Waals surface area contributed by atoms with E-state index in [1.54, 1.807) is 0 Å². The summed E-state index contributed by atoms with van der Waals surface area (Å²) in [5, 5.41) is 8.96. The van der Waals surface area contributed by atoms with Crippen LogP contribution < -0.4 is 0 Å². The Morgan fingerprint density at radius 2 is 2.00 bits per heavy atom. The molecule has 0 aliphatic carbocycles. The minimum atomic E-state index is -0.180. The Morgan fingerprint density at radius 1 is 1.44 bits per heavy atom. The van der Waals surface area contributed by atoms with Gasteiger partial charge in [-0.15, -0.1) is 0 Å². The van der Waals surface area contributed by atoms with Gasteiger partial charge in [0, 0.05) is 6.54 Å². The van der Waals surface area contributed by atoms with E-state index in [1.807, 2.05) is 22.6 Å². The van der Waals surface area contributed by atoms with E-state index >= 15 is 0 Å². The molecular formula is C6H12INO. The molecule has 0 aromatic rings. The van der Waals surface area contributed by atoms with E-state index in [0.29, 0.717) is 0 Å². The van der Waals surface area contributed by atoms with E-state index in [4.69, 9.17) is 5.11 Å². The van der Waals surface area contributed by atoms with E-state index in [-0.39, 0.29) is 4.11 Å². The zero-order chi connectivity index (χ0) is 6.69. The highest BCUT2D eigenvalue weighted by atomic mass is 127. The number of hydrogen-bond acceptors (Lipinski definition) is 2. The summed E-state index contributed by atoms with van der Waals surface area (Å²) >= 11 is 2.05. The van der Waals surface area contributed by atoms with E-state index in [1.165, 1.54) is 25.9 Å². The Labute approximate surface area is 69.4 Å². The van der Waals surface area contributed by atoms with E-state index in [0.717, 1.165) is 6.54 Å². The van der Waals surface area contributed by atoms with Gasteiger partial charge < -0.3 is 5.11 Å². The lowest BCUT2D eigenvalue weighted by molar-refractivity contribution is 0.207. The maximum absolute atomic E-state index is 8.96. The van der Waals surface area contributed by atoms with Crippen LogP contribution in [0.2, 0.25) is 0 Å². The molecule has 0 aromatic heterocycles. The summed E-state index contributed by atoms with van der Waals surface area (Å²) in [7, 11) is 0. The van der Waals surface area contributed by atoms with Crippen LogP contribution in [0.3, 0.4) is 0 Å². The minimum absolute atomic E-state index is 0.180. The molecule has 1 heterocycles. The number of likely N-dealkylation sites (tertiary alicyclic amines) is 1. The first-order chi connectivity index (χ1) is 4.29. The fourth-order valence-corrected chi connectivity index (χ4v) is 1.74. The van der Waals surface area contributed by atoms with Gasteiger partial charge in [0.15, 0.2) is 0 Å². The number of rotatable bonds is 2. The van der Waals surface area contributed by atoms with Gasteiger partial charge in [-0.3, -0.25) is 4.90 Å². The van der Waals surface area contributed by atoms with Crippen LogP contribution in [0.15, 0.2) is 0 Å². The maximum atomic E-state index is 8.96. The Bertz CT molecular complexity index is 81.1. The quantitative estimate of drug-likeness (QED) is 0.572. The molecule has 3 heteroatoms. The lowest BCUT2D eigenvalue weighted by atomic mass is 10.4. The van der Waals surface area contributed by atoms with Crippen molar-refractivity contribution in [3.05, 3.63) is 0 Å². The van der Waals surface area contributed by atoms with Gasteiger partial charge in [-0.05, 0) is 25.9 Å². The molecule has 1 aliphatic heterocycles. The minimum Gasteiger partial charge on any atom is -0.381 e. The zero-order valence-electron chi connectivity index (χ0n) is 5.39. The number of aliphatic hydroxyl groups is 1. The normalized spacial score (nSPS) is 24.7. The van der Waals surface area contributed by atoms with Crippen LogP contribution in [0, 0.1) is 0 Å². The number of nitrogens with zero attached hydrogens (tertiary/aromatic N) is 1. The lowest BCUT2D eigenvalue weighted by Crippen LogP contribution is -2.26. The molecule has 0 radical (unpaired) electrons. The van der Waals surface area contributed by atoms with Gasteiger partial charge in [-0.2, -0.15) is 0 Å². The standard InChI is InChI=1S/C6H12INO/c7-6(9)5-8-3-1-2-4-8/h6,9H,1-5H2. The predicted octanol–water partition coefficient (Wildman–Crippen LogP) is 0.836. The summed E-state index contributed by atoms with van der Waals surface area (Å²) in [6, 6.07) is 0. The number of alkyl halides is 1. The van der Waals surface area contributed by atoms with Crippen molar-refractivity contribution in [2.24, 2.45) is 0 Å². The van der Waals surface area contributed by atoms with Crippen LogP contribution in [0.1, 0.15) is 12.8 Å². The van der Waals surface area contributed by atoms with Crippen molar-refractivity contribution in [2.45, 2.75) is 17.0 Å². The van der Waals surface area contributed by atoms with Crippen LogP contribution >= 0.6 is 22.6 Å². The SMILES string of the molecule is OC(I)CN1CCCC1. The molecule has 0 bridgehead atoms. The largest absolute Gasteiger partial charge is 0.381 e. The molecule has 0 amide bonds. The van der Waals surface area contributed by atoms with Crippen molar-refractivity contribution in [3.63, 3.8) is 0 Å². The molecule has 1 atom stereocenters. The topological polar surface area (TPSA) is 23.5 Å². The third-order valence-corrected chi connectivity index (χ3v) is 2.00. The van der Waals surface area contributed by atoms with Crippen molar-refractivity contribution < 1.29 is 5.11 Å². The van der Waals surface area contributed by atoms with Crippen LogP contribution in [-0.2, 0) is 0 Å². The second-order valence-electron chi connectivity index (χ2n) is 2.44. The maximum Gasteiger partial charge on any atom is 0.117 e. The summed E-state index contributed by atoms with van der Waals surface area (Å²) < 4.78 is -0.180. The summed E-state index contributed by atoms with van der Waals surface area (Å²) in [5.74, 6) is 0. The first-order valence-corrected chi connectivity index (χ1v) is 4.58. The lowest BCUT2D eigenvalue weighted by Gasteiger charge is -2.14. The second kappa shape index (κ2) is 3.73. The van der Waals surface area contributed by atoms with Gasteiger partial charge in [0.05, 0.1) is 0 Å². The van der Waals surface area contributed by atoms with Crippen molar-refractivity contribution >= 4 is 22.6 Å². The molecular weight excluding hydrogens is 229 g/mol. The third-order valence-electron chi connectivity index (χ3n) is 1.61. The molecule has 0 saturated carbocycles. The molecule has 0 aromatic carbocycles. The molecule has 54 valence electrons. The highest BCUT2D eigenvalue weighted by Gasteiger charge is 2.12. The number of aliphatic hydroxyl groups excluding tert-OH is 1. The van der Waals surface area contributed by atoms with Crippen LogP contribution in [-0.4, -0.2) is 33.8 Å². The van der Waals surface area contributed by atoms with Crippen molar-refractivity contribution in [3.8, 4) is 0 Å². The molecule has 1 unspecified atom stereocenters. The Kier molecular flexibility index (Phi) is 3.21. The molecule has 2 nitrogen and oxygen atoms in total. The first-order valence-electron chi connectivity index (χ1n) is 3.33. The molecule has 9 heavy (non-hydrogen) atoms. The average Bonchev–Trinajstić information content (AvgIpc) is 2.15. The number of β-amino-alcohol motifs (C(OH)–C–C–N with tert-alkyl or cyclic N) is 1. The molecule has 1 aliphatic rings. The van der Waals surface area contributed by atoms with Gasteiger partial charge in [0.1, 0.15) is 4.11 Å². The van der Waals surface area contributed by atoms with Crippen LogP contribution in [0.25, 0.3) is 0 Å². The Balaban J connectivity index is 2.11. The molecule has 1 N–H and O–H groups in total. The van der Waals surface area contributed by atoms with Crippen molar-refractivity contribution in [2.75, 3.05) is 19.6 Å². The van der Waals surface area contributed by atoms with Gasteiger partial charge >= 0.3 is 0 Å². The Hall–Kier alpha value is 0.650. The smallest absolute Gasteiger partial charge is 0.117 e. The summed E-state index contributed by atoms with van der Waals surface area (Å²) in [6.45, 7) is 3.21. The summed E-state index contributed by atoms with van der Waals surface area (Å²) in [4.78, 5) is 2.30. The second-order valence-corrected chi connectivity index (χ2v) is 3.88. The number of halogens is 1. The third kappa shape index (κ3) is 2.82.